The first-order valence-electron chi connectivity index (χ1n) is 13.3. The van der Waals surface area contributed by atoms with Crippen molar-refractivity contribution in [3.05, 3.63) is 81.0 Å². The maximum atomic E-state index is 14.4. The number of amidine groups is 1. The number of ether oxygens (including phenoxy) is 2. The molecule has 3 aromatic rings. The molecule has 218 valence electrons. The van der Waals surface area contributed by atoms with Gasteiger partial charge in [0.1, 0.15) is 30.1 Å². The van der Waals surface area contributed by atoms with Gasteiger partial charge in [-0.3, -0.25) is 19.8 Å². The summed E-state index contributed by atoms with van der Waals surface area (Å²) in [5.41, 5.74) is 7.79. The van der Waals surface area contributed by atoms with E-state index < -0.39 is 29.4 Å². The van der Waals surface area contributed by atoms with Crippen LogP contribution in [0.25, 0.3) is 11.1 Å². The van der Waals surface area contributed by atoms with Gasteiger partial charge in [0.2, 0.25) is 11.8 Å². The fourth-order valence-corrected chi connectivity index (χ4v) is 6.43. The number of fused-ring (bicyclic) bond motifs is 1. The van der Waals surface area contributed by atoms with Gasteiger partial charge in [0, 0.05) is 46.0 Å². The maximum absolute atomic E-state index is 14.4. The highest BCUT2D eigenvalue weighted by Gasteiger charge is 2.52. The van der Waals surface area contributed by atoms with E-state index in [1.807, 2.05) is 0 Å². The summed E-state index contributed by atoms with van der Waals surface area (Å²) in [6.45, 7) is 0.769. The minimum Gasteiger partial charge on any atom is -0.384 e. The molecule has 0 aliphatic carbocycles. The third-order valence-corrected chi connectivity index (χ3v) is 8.62. The third kappa shape index (κ3) is 5.26. The van der Waals surface area contributed by atoms with Crippen LogP contribution in [0.3, 0.4) is 0 Å². The van der Waals surface area contributed by atoms with E-state index in [0.29, 0.717) is 35.5 Å². The van der Waals surface area contributed by atoms with Gasteiger partial charge in [-0.15, -0.1) is 11.3 Å². The van der Waals surface area contributed by atoms with Gasteiger partial charge in [-0.2, -0.15) is 0 Å². The quantitative estimate of drug-likeness (QED) is 0.284. The number of likely N-dealkylation sites (tertiary alicyclic amines) is 1. The number of halogens is 2. The van der Waals surface area contributed by atoms with Crippen molar-refractivity contribution in [2.24, 2.45) is 5.73 Å². The van der Waals surface area contributed by atoms with Crippen LogP contribution in [0.5, 0.6) is 0 Å². The zero-order valence-corrected chi connectivity index (χ0v) is 23.1. The van der Waals surface area contributed by atoms with E-state index in [1.165, 1.54) is 33.3 Å². The van der Waals surface area contributed by atoms with Gasteiger partial charge >= 0.3 is 0 Å². The highest BCUT2D eigenvalue weighted by Crippen LogP contribution is 2.36. The predicted octanol–water partition coefficient (Wildman–Crippen LogP) is 2.59. The van der Waals surface area contributed by atoms with Gasteiger partial charge in [-0.05, 0) is 41.5 Å². The zero-order chi connectivity index (χ0) is 29.6. The number of carbonyl (C=O) groups excluding carboxylic acids is 3. The third-order valence-electron chi connectivity index (χ3n) is 7.68. The predicted molar refractivity (Wildman–Crippen MR) is 148 cm³/mol. The first-order chi connectivity index (χ1) is 20.1. The molecule has 0 saturated carbocycles. The van der Waals surface area contributed by atoms with E-state index in [9.17, 15) is 23.2 Å². The first-order valence-corrected chi connectivity index (χ1v) is 14.1. The zero-order valence-electron chi connectivity index (χ0n) is 22.3. The average Bonchev–Trinajstić information content (AvgIpc) is 3.75. The summed E-state index contributed by atoms with van der Waals surface area (Å²) >= 11 is 1.36. The number of nitrogen functional groups attached to an aromatic ring is 1. The molecule has 2 fully saturated rings. The normalized spacial score (nSPS) is 19.0. The number of amides is 3. The van der Waals surface area contributed by atoms with Crippen LogP contribution in [0.1, 0.15) is 32.8 Å². The van der Waals surface area contributed by atoms with Crippen LogP contribution in [0.4, 0.5) is 8.78 Å². The second-order valence-corrected chi connectivity index (χ2v) is 11.4. The smallest absolute Gasteiger partial charge is 0.254 e. The van der Waals surface area contributed by atoms with E-state index in [0.717, 1.165) is 10.9 Å². The van der Waals surface area contributed by atoms with E-state index >= 15 is 0 Å². The Morgan fingerprint density at radius 3 is 2.60 bits per heavy atom. The molecule has 6 rings (SSSR count). The van der Waals surface area contributed by atoms with Gasteiger partial charge in [0.25, 0.3) is 5.91 Å². The van der Waals surface area contributed by atoms with Gasteiger partial charge in [0.15, 0.2) is 5.79 Å². The minimum absolute atomic E-state index is 0.0420. The maximum Gasteiger partial charge on any atom is 0.254 e. The Labute approximate surface area is 243 Å². The Hall–Kier alpha value is -4.20. The highest BCUT2D eigenvalue weighted by molar-refractivity contribution is 7.10. The molecular formula is C29H27F2N5O5S. The van der Waals surface area contributed by atoms with Gasteiger partial charge in [-0.25, -0.2) is 8.78 Å². The molecule has 2 aromatic carbocycles. The Kier molecular flexibility index (Phi) is 7.25. The summed E-state index contributed by atoms with van der Waals surface area (Å²) in [5.74, 6) is -3.73. The molecule has 0 unspecified atom stereocenters. The van der Waals surface area contributed by atoms with E-state index in [1.54, 1.807) is 29.6 Å². The number of hydrogen-bond donors (Lipinski definition) is 3. The van der Waals surface area contributed by atoms with Crippen LogP contribution >= 0.6 is 11.3 Å². The Balaban J connectivity index is 1.16. The molecule has 0 radical (unpaired) electrons. The van der Waals surface area contributed by atoms with Crippen molar-refractivity contribution in [2.75, 3.05) is 26.3 Å². The molecule has 3 amide bonds. The number of hydrogen-bond acceptors (Lipinski definition) is 7. The van der Waals surface area contributed by atoms with Crippen molar-refractivity contribution in [1.82, 2.24) is 15.1 Å². The van der Waals surface area contributed by atoms with Crippen LogP contribution in [0.15, 0.2) is 47.8 Å². The Bertz CT molecular complexity index is 1600. The molecule has 42 heavy (non-hydrogen) atoms. The molecule has 1 aromatic heterocycles. The summed E-state index contributed by atoms with van der Waals surface area (Å²) in [5, 5.41) is 12.1. The average molecular weight is 596 g/mol. The van der Waals surface area contributed by atoms with Crippen LogP contribution in [0, 0.1) is 17.0 Å². The topological polar surface area (TPSA) is 138 Å². The summed E-state index contributed by atoms with van der Waals surface area (Å²) in [6.07, 6.45) is 0.147. The molecule has 3 aliphatic heterocycles. The number of nitrogens with one attached hydrogen (secondary N) is 2. The molecule has 4 heterocycles. The van der Waals surface area contributed by atoms with Crippen molar-refractivity contribution >= 4 is 34.9 Å². The lowest BCUT2D eigenvalue weighted by Gasteiger charge is -2.26. The van der Waals surface area contributed by atoms with Crippen LogP contribution in [0.2, 0.25) is 0 Å². The highest BCUT2D eigenvalue weighted by atomic mass is 32.1. The number of nitrogens with zero attached hydrogens (tertiary/aromatic N) is 2. The molecule has 1 atom stereocenters. The fourth-order valence-electron chi connectivity index (χ4n) is 5.60. The van der Waals surface area contributed by atoms with Crippen molar-refractivity contribution in [3.8, 4) is 11.1 Å². The van der Waals surface area contributed by atoms with Crippen LogP contribution in [-0.4, -0.2) is 71.5 Å². The van der Waals surface area contributed by atoms with Crippen LogP contribution in [-0.2, 0) is 32.2 Å². The van der Waals surface area contributed by atoms with Crippen LogP contribution < -0.4 is 11.1 Å². The first kappa shape index (κ1) is 27.9. The second kappa shape index (κ2) is 10.9. The number of nitrogens with two attached hydrogens (primary N) is 1. The number of rotatable bonds is 7. The Morgan fingerprint density at radius 2 is 1.88 bits per heavy atom. The van der Waals surface area contributed by atoms with E-state index in [4.69, 9.17) is 20.6 Å². The summed E-state index contributed by atoms with van der Waals surface area (Å²) in [6, 6.07) is 8.98. The van der Waals surface area contributed by atoms with E-state index in [2.05, 4.69) is 5.32 Å². The number of thiophene rings is 1. The molecule has 0 bridgehead atoms. The lowest BCUT2D eigenvalue weighted by molar-refractivity contribution is -0.152. The number of carbonyl (C=O) groups is 3. The van der Waals surface area contributed by atoms with Crippen molar-refractivity contribution in [1.29, 1.82) is 5.41 Å². The summed E-state index contributed by atoms with van der Waals surface area (Å²) in [7, 11) is 0. The molecule has 4 N–H and O–H groups in total. The molecule has 10 nitrogen and oxygen atoms in total. The lowest BCUT2D eigenvalue weighted by Crippen LogP contribution is -2.49. The lowest BCUT2D eigenvalue weighted by atomic mass is 10.00. The summed E-state index contributed by atoms with van der Waals surface area (Å²) < 4.78 is 39.3. The van der Waals surface area contributed by atoms with E-state index in [-0.39, 0.29) is 55.8 Å². The van der Waals surface area contributed by atoms with Gasteiger partial charge in [-0.1, -0.05) is 6.07 Å². The largest absolute Gasteiger partial charge is 0.384 e. The molecule has 1 spiro atoms. The fraction of sp³-hybridized carbons (Fsp3) is 0.310. The monoisotopic (exact) mass is 595 g/mol. The molecule has 3 aliphatic rings. The molecular weight excluding hydrogens is 568 g/mol. The molecule has 2 saturated heterocycles. The van der Waals surface area contributed by atoms with Crippen molar-refractivity contribution < 1.29 is 32.6 Å². The Morgan fingerprint density at radius 1 is 1.12 bits per heavy atom. The van der Waals surface area contributed by atoms with Crippen molar-refractivity contribution in [3.63, 3.8) is 0 Å². The molecule has 13 heteroatoms. The van der Waals surface area contributed by atoms with Gasteiger partial charge in [0.05, 0.1) is 26.3 Å². The van der Waals surface area contributed by atoms with Gasteiger partial charge < -0.3 is 30.3 Å². The standard InChI is InChI=1S/C29H27F2N5O5S/c30-19-2-4-21(23(31)9-19)16-1-3-22-17(7-16)12-35(28(22)39)13-25(37)36-15-29(40-5-6-41-29)10-24(36)27(38)34-11-20-8-18(14-42-20)26(32)33/h1-4,7-9,14,24H,5-6,10-13,15H2,(H3,32,33)(H,34,38)/t24-/m0/s1. The second-order valence-electron chi connectivity index (χ2n) is 10.4. The minimum atomic E-state index is -1.09. The SMILES string of the molecule is N=C(N)c1csc(CNC(=O)[C@@H]2CC3(CN2C(=O)CN2Cc4cc(-c5ccc(F)cc5F)ccc4C2=O)OCCO3)c1. The number of benzene rings is 2. The van der Waals surface area contributed by atoms with Crippen molar-refractivity contribution in [2.45, 2.75) is 31.3 Å². The summed E-state index contributed by atoms with van der Waals surface area (Å²) in [4.78, 5) is 43.6.